The van der Waals surface area contributed by atoms with Crippen LogP contribution >= 0.6 is 0 Å². The van der Waals surface area contributed by atoms with E-state index in [9.17, 15) is 4.79 Å². The van der Waals surface area contributed by atoms with Crippen LogP contribution in [0.2, 0.25) is 0 Å². The molecule has 8 nitrogen and oxygen atoms in total. The predicted octanol–water partition coefficient (Wildman–Crippen LogP) is 2.44. The molecule has 29 heavy (non-hydrogen) atoms. The van der Waals surface area contributed by atoms with E-state index in [-0.39, 0.29) is 6.04 Å². The number of guanidine groups is 1. The normalized spacial score (nSPS) is 17.3. The molecule has 2 heterocycles. The fraction of sp³-hybridized carbons (Fsp3) is 0.381. The van der Waals surface area contributed by atoms with E-state index in [1.165, 1.54) is 18.9 Å². The van der Waals surface area contributed by atoms with Gasteiger partial charge in [0, 0.05) is 50.8 Å². The minimum atomic E-state index is -0.407. The highest BCUT2D eigenvalue weighted by molar-refractivity contribution is 5.89. The van der Waals surface area contributed by atoms with Crippen molar-refractivity contribution >= 4 is 29.7 Å². The molecule has 0 amide bonds. The van der Waals surface area contributed by atoms with Gasteiger partial charge < -0.3 is 9.64 Å². The smallest absolute Gasteiger partial charge is 0.334 e. The van der Waals surface area contributed by atoms with Crippen LogP contribution in [-0.2, 0) is 9.53 Å². The van der Waals surface area contributed by atoms with E-state index in [1.807, 2.05) is 6.07 Å². The van der Waals surface area contributed by atoms with Crippen molar-refractivity contribution in [3.05, 3.63) is 47.9 Å². The molecular formula is C21H26N6O2. The van der Waals surface area contributed by atoms with Gasteiger partial charge in [0.2, 0.25) is 5.96 Å². The van der Waals surface area contributed by atoms with Crippen molar-refractivity contribution in [3.8, 4) is 0 Å². The third kappa shape index (κ3) is 4.83. The molecule has 1 aromatic heterocycles. The molecule has 1 fully saturated rings. The Bertz CT molecular complexity index is 947. The summed E-state index contributed by atoms with van der Waals surface area (Å²) in [5.41, 5.74) is 3.45. The molecule has 0 spiro atoms. The third-order valence-corrected chi connectivity index (χ3v) is 5.14. The fourth-order valence-electron chi connectivity index (χ4n) is 3.35. The molecule has 1 aliphatic rings. The van der Waals surface area contributed by atoms with Gasteiger partial charge in [-0.05, 0) is 38.3 Å². The topological polar surface area (TPSA) is 83.3 Å². The lowest BCUT2D eigenvalue weighted by Crippen LogP contribution is -2.48. The van der Waals surface area contributed by atoms with Gasteiger partial charge in [0.15, 0.2) is 0 Å². The monoisotopic (exact) mass is 394 g/mol. The van der Waals surface area contributed by atoms with Crippen molar-refractivity contribution < 1.29 is 9.53 Å². The van der Waals surface area contributed by atoms with Crippen molar-refractivity contribution in [2.75, 3.05) is 33.3 Å². The summed E-state index contributed by atoms with van der Waals surface area (Å²) >= 11 is 0. The summed E-state index contributed by atoms with van der Waals surface area (Å²) in [6.07, 6.45) is 4.90. The van der Waals surface area contributed by atoms with Crippen LogP contribution in [0.15, 0.2) is 52.4 Å². The summed E-state index contributed by atoms with van der Waals surface area (Å²) in [6.45, 7) is 10.8. The molecule has 1 saturated heterocycles. The Morgan fingerprint density at radius 2 is 1.90 bits per heavy atom. The zero-order valence-corrected chi connectivity index (χ0v) is 17.1. The van der Waals surface area contributed by atoms with Crippen molar-refractivity contribution in [3.63, 3.8) is 0 Å². The van der Waals surface area contributed by atoms with Gasteiger partial charge >= 0.3 is 5.97 Å². The van der Waals surface area contributed by atoms with Crippen LogP contribution in [0.3, 0.4) is 0 Å². The lowest BCUT2D eigenvalue weighted by molar-refractivity contribution is -0.136. The van der Waals surface area contributed by atoms with E-state index in [2.05, 4.69) is 60.3 Å². The van der Waals surface area contributed by atoms with Gasteiger partial charge in [-0.1, -0.05) is 6.07 Å². The number of hydrogen-bond donors (Lipinski definition) is 0. The molecule has 152 valence electrons. The zero-order chi connectivity index (χ0) is 20.8. The Morgan fingerprint density at radius 1 is 1.21 bits per heavy atom. The maximum Gasteiger partial charge on any atom is 0.334 e. The SMILES string of the molecule is C=NC(=N/C=C(\C)C(=O)OC)N1CCN(C(C)c2ccc3nccnc3c2)CC1. The first kappa shape index (κ1) is 20.6. The standard InChI is InChI=1S/C21H26N6O2/c1-15(20(28)29-4)14-25-21(22-3)27-11-9-26(10-12-27)16(2)17-5-6-18-19(13-17)24-8-7-23-18/h5-8,13-14,16H,3,9-12H2,1-2,4H3/b15-14+,25-21?. The molecule has 0 saturated carbocycles. The first-order chi connectivity index (χ1) is 14.0. The average Bonchev–Trinajstić information content (AvgIpc) is 2.78. The molecule has 8 heteroatoms. The first-order valence-corrected chi connectivity index (χ1v) is 9.52. The molecule has 1 aromatic carbocycles. The summed E-state index contributed by atoms with van der Waals surface area (Å²) in [7, 11) is 1.35. The Morgan fingerprint density at radius 3 is 2.55 bits per heavy atom. The van der Waals surface area contributed by atoms with Gasteiger partial charge in [0.1, 0.15) is 0 Å². The molecule has 0 aliphatic carbocycles. The van der Waals surface area contributed by atoms with Gasteiger partial charge in [0.25, 0.3) is 0 Å². The highest BCUT2D eigenvalue weighted by Gasteiger charge is 2.23. The van der Waals surface area contributed by atoms with Crippen molar-refractivity contribution in [1.29, 1.82) is 0 Å². The quantitative estimate of drug-likeness (QED) is 0.343. The van der Waals surface area contributed by atoms with Crippen LogP contribution in [-0.4, -0.2) is 71.7 Å². The van der Waals surface area contributed by atoms with Gasteiger partial charge in [-0.15, -0.1) is 0 Å². The van der Waals surface area contributed by atoms with Crippen LogP contribution in [0.1, 0.15) is 25.5 Å². The Balaban J connectivity index is 1.65. The number of rotatable bonds is 4. The summed E-state index contributed by atoms with van der Waals surface area (Å²) in [4.78, 5) is 33.1. The van der Waals surface area contributed by atoms with Crippen LogP contribution in [0, 0.1) is 0 Å². The van der Waals surface area contributed by atoms with Crippen LogP contribution in [0.4, 0.5) is 0 Å². The number of fused-ring (bicyclic) bond motifs is 1. The molecule has 1 atom stereocenters. The van der Waals surface area contributed by atoms with Gasteiger partial charge in [-0.3, -0.25) is 14.9 Å². The Kier molecular flexibility index (Phi) is 6.66. The van der Waals surface area contributed by atoms with Crippen molar-refractivity contribution in [1.82, 2.24) is 19.8 Å². The van der Waals surface area contributed by atoms with Crippen LogP contribution < -0.4 is 0 Å². The van der Waals surface area contributed by atoms with Crippen molar-refractivity contribution in [2.24, 2.45) is 9.98 Å². The summed E-state index contributed by atoms with van der Waals surface area (Å²) in [6, 6.07) is 6.51. The molecular weight excluding hydrogens is 368 g/mol. The highest BCUT2D eigenvalue weighted by atomic mass is 16.5. The predicted molar refractivity (Wildman–Crippen MR) is 114 cm³/mol. The number of piperazine rings is 1. The number of aromatic nitrogens is 2. The maximum absolute atomic E-state index is 11.5. The lowest BCUT2D eigenvalue weighted by Gasteiger charge is -2.38. The fourth-order valence-corrected chi connectivity index (χ4v) is 3.35. The van der Waals surface area contributed by atoms with E-state index in [0.29, 0.717) is 11.5 Å². The number of nitrogens with zero attached hydrogens (tertiary/aromatic N) is 6. The van der Waals surface area contributed by atoms with Crippen LogP contribution in [0.25, 0.3) is 11.0 Å². The second kappa shape index (κ2) is 9.38. The summed E-state index contributed by atoms with van der Waals surface area (Å²) < 4.78 is 4.68. The maximum atomic E-state index is 11.5. The number of benzene rings is 1. The lowest BCUT2D eigenvalue weighted by atomic mass is 10.1. The Hall–Kier alpha value is -3.13. The largest absolute Gasteiger partial charge is 0.466 e. The van der Waals surface area contributed by atoms with E-state index < -0.39 is 5.97 Å². The van der Waals surface area contributed by atoms with E-state index in [1.54, 1.807) is 19.3 Å². The molecule has 1 unspecified atom stereocenters. The van der Waals surface area contributed by atoms with Gasteiger partial charge in [0.05, 0.1) is 23.7 Å². The number of hydrogen-bond acceptors (Lipinski definition) is 6. The zero-order valence-electron chi connectivity index (χ0n) is 17.1. The van der Waals surface area contributed by atoms with Gasteiger partial charge in [-0.2, -0.15) is 0 Å². The van der Waals surface area contributed by atoms with Gasteiger partial charge in [-0.25, -0.2) is 14.8 Å². The highest BCUT2D eigenvalue weighted by Crippen LogP contribution is 2.24. The molecule has 2 aromatic rings. The summed E-state index contributed by atoms with van der Waals surface area (Å²) in [5.74, 6) is 0.109. The first-order valence-electron chi connectivity index (χ1n) is 9.52. The second-order valence-electron chi connectivity index (χ2n) is 6.89. The summed E-state index contributed by atoms with van der Waals surface area (Å²) in [5, 5.41) is 0. The molecule has 3 rings (SSSR count). The van der Waals surface area contributed by atoms with E-state index in [0.717, 1.165) is 37.2 Å². The number of methoxy groups -OCH3 is 1. The third-order valence-electron chi connectivity index (χ3n) is 5.14. The second-order valence-corrected chi connectivity index (χ2v) is 6.89. The number of ether oxygens (including phenoxy) is 1. The van der Waals surface area contributed by atoms with E-state index in [4.69, 9.17) is 0 Å². The number of aliphatic imine (C=N–C) groups is 2. The minimum absolute atomic E-state index is 0.266. The number of carbonyl (C=O) groups excluding carboxylic acids is 1. The number of esters is 1. The molecule has 1 aliphatic heterocycles. The average molecular weight is 394 g/mol. The van der Waals surface area contributed by atoms with Crippen LogP contribution in [0.5, 0.6) is 0 Å². The minimum Gasteiger partial charge on any atom is -0.466 e. The molecule has 0 bridgehead atoms. The molecule has 0 N–H and O–H groups in total. The van der Waals surface area contributed by atoms with Crippen molar-refractivity contribution in [2.45, 2.75) is 19.9 Å². The molecule has 0 radical (unpaired) electrons. The van der Waals surface area contributed by atoms with E-state index >= 15 is 0 Å². The number of carbonyl (C=O) groups is 1. The Labute approximate surface area is 170 Å².